The Kier molecular flexibility index (Phi) is 3.18. The van der Waals surface area contributed by atoms with Gasteiger partial charge in [-0.1, -0.05) is 28.4 Å². The minimum atomic E-state index is 0.211. The lowest BCUT2D eigenvalue weighted by molar-refractivity contribution is 0.0780. The molecule has 0 spiro atoms. The number of carbonyl (C=O) groups is 1. The summed E-state index contributed by atoms with van der Waals surface area (Å²) >= 11 is 3.50. The maximum Gasteiger partial charge on any atom is 0.254 e. The van der Waals surface area contributed by atoms with Gasteiger partial charge in [0.2, 0.25) is 0 Å². The molecule has 1 aromatic rings. The lowest BCUT2D eigenvalue weighted by Crippen LogP contribution is -2.30. The van der Waals surface area contributed by atoms with Crippen molar-refractivity contribution in [1.82, 2.24) is 4.90 Å². The van der Waals surface area contributed by atoms with E-state index < -0.39 is 0 Å². The zero-order chi connectivity index (χ0) is 12.7. The lowest BCUT2D eigenvalue weighted by atomic mass is 10.0. The molecule has 1 aromatic carbocycles. The van der Waals surface area contributed by atoms with Crippen molar-refractivity contribution in [1.29, 1.82) is 0 Å². The van der Waals surface area contributed by atoms with E-state index in [1.54, 1.807) is 0 Å². The fourth-order valence-electron chi connectivity index (χ4n) is 3.41. The quantitative estimate of drug-likeness (QED) is 0.776. The number of nitrogens with zero attached hydrogens (tertiary/aromatic N) is 1. The van der Waals surface area contributed by atoms with E-state index >= 15 is 0 Å². The van der Waals surface area contributed by atoms with Crippen LogP contribution in [0, 0.1) is 18.8 Å². The maximum atomic E-state index is 12.6. The van der Waals surface area contributed by atoms with Gasteiger partial charge in [0.15, 0.2) is 0 Å². The second-order valence-electron chi connectivity index (χ2n) is 5.57. The number of amides is 1. The molecule has 0 N–H and O–H groups in total. The van der Waals surface area contributed by atoms with Crippen LogP contribution in [0.25, 0.3) is 0 Å². The maximum absolute atomic E-state index is 12.6. The Morgan fingerprint density at radius 1 is 1.28 bits per heavy atom. The van der Waals surface area contributed by atoms with E-state index in [1.165, 1.54) is 19.3 Å². The van der Waals surface area contributed by atoms with Gasteiger partial charge >= 0.3 is 0 Å². The van der Waals surface area contributed by atoms with Gasteiger partial charge in [0.05, 0.1) is 0 Å². The minimum Gasteiger partial charge on any atom is -0.338 e. The van der Waals surface area contributed by atoms with Crippen LogP contribution in [0.4, 0.5) is 0 Å². The summed E-state index contributed by atoms with van der Waals surface area (Å²) in [6.07, 6.45) is 3.98. The highest BCUT2D eigenvalue weighted by molar-refractivity contribution is 9.10. The first-order valence-corrected chi connectivity index (χ1v) is 7.50. The summed E-state index contributed by atoms with van der Waals surface area (Å²) in [5.74, 6) is 1.74. The average molecular weight is 308 g/mol. The number of likely N-dealkylation sites (tertiary alicyclic amines) is 1. The van der Waals surface area contributed by atoms with Gasteiger partial charge in [0, 0.05) is 23.1 Å². The predicted octanol–water partition coefficient (Wildman–Crippen LogP) is 3.63. The van der Waals surface area contributed by atoms with Gasteiger partial charge in [0.25, 0.3) is 5.91 Å². The first kappa shape index (κ1) is 12.2. The summed E-state index contributed by atoms with van der Waals surface area (Å²) in [5.41, 5.74) is 1.91. The molecule has 3 rings (SSSR count). The van der Waals surface area contributed by atoms with Gasteiger partial charge in [-0.25, -0.2) is 0 Å². The molecule has 1 aliphatic carbocycles. The Morgan fingerprint density at radius 2 is 1.94 bits per heavy atom. The highest BCUT2D eigenvalue weighted by Gasteiger charge is 2.38. The Balaban J connectivity index is 1.81. The Morgan fingerprint density at radius 3 is 2.61 bits per heavy atom. The van der Waals surface area contributed by atoms with Crippen molar-refractivity contribution in [3.8, 4) is 0 Å². The van der Waals surface area contributed by atoms with Gasteiger partial charge in [-0.05, 0) is 49.3 Å². The molecule has 2 unspecified atom stereocenters. The standard InChI is InChI=1S/C15H18BrNO/c1-10-13(6-3-7-14(10)16)15(18)17-8-11-4-2-5-12(11)9-17/h3,6-7,11-12H,2,4-5,8-9H2,1H3. The van der Waals surface area contributed by atoms with Crippen molar-refractivity contribution in [2.24, 2.45) is 11.8 Å². The second kappa shape index (κ2) is 4.69. The van der Waals surface area contributed by atoms with Crippen molar-refractivity contribution in [3.05, 3.63) is 33.8 Å². The zero-order valence-corrected chi connectivity index (χ0v) is 12.2. The Labute approximate surface area is 116 Å². The van der Waals surface area contributed by atoms with Crippen LogP contribution in [-0.2, 0) is 0 Å². The van der Waals surface area contributed by atoms with Crippen LogP contribution < -0.4 is 0 Å². The molecule has 1 aliphatic heterocycles. The average Bonchev–Trinajstić information content (AvgIpc) is 2.92. The van der Waals surface area contributed by atoms with Gasteiger partial charge in [-0.3, -0.25) is 4.79 Å². The molecule has 1 amide bonds. The Bertz CT molecular complexity index is 473. The first-order valence-electron chi connectivity index (χ1n) is 6.71. The third-order valence-electron chi connectivity index (χ3n) is 4.51. The normalized spacial score (nSPS) is 26.4. The van der Waals surface area contributed by atoms with E-state index in [0.29, 0.717) is 0 Å². The van der Waals surface area contributed by atoms with E-state index in [2.05, 4.69) is 20.8 Å². The number of rotatable bonds is 1. The summed E-state index contributed by atoms with van der Waals surface area (Å²) < 4.78 is 1.02. The first-order chi connectivity index (χ1) is 8.66. The lowest BCUT2D eigenvalue weighted by Gasteiger charge is -2.19. The van der Waals surface area contributed by atoms with Crippen LogP contribution in [0.1, 0.15) is 35.2 Å². The largest absolute Gasteiger partial charge is 0.338 e. The van der Waals surface area contributed by atoms with Crippen molar-refractivity contribution < 1.29 is 4.79 Å². The molecule has 18 heavy (non-hydrogen) atoms. The van der Waals surface area contributed by atoms with E-state index in [1.807, 2.05) is 25.1 Å². The molecule has 2 fully saturated rings. The highest BCUT2D eigenvalue weighted by Crippen LogP contribution is 2.38. The number of hydrogen-bond acceptors (Lipinski definition) is 1. The molecule has 0 radical (unpaired) electrons. The van der Waals surface area contributed by atoms with Crippen molar-refractivity contribution >= 4 is 21.8 Å². The smallest absolute Gasteiger partial charge is 0.254 e. The number of halogens is 1. The zero-order valence-electron chi connectivity index (χ0n) is 10.7. The summed E-state index contributed by atoms with van der Waals surface area (Å²) in [6, 6.07) is 5.88. The second-order valence-corrected chi connectivity index (χ2v) is 6.43. The van der Waals surface area contributed by atoms with Crippen LogP contribution in [-0.4, -0.2) is 23.9 Å². The van der Waals surface area contributed by atoms with Crippen LogP contribution in [0.15, 0.2) is 22.7 Å². The number of benzene rings is 1. The van der Waals surface area contributed by atoms with Gasteiger partial charge in [0.1, 0.15) is 0 Å². The molecule has 1 heterocycles. The van der Waals surface area contributed by atoms with Crippen LogP contribution in [0.3, 0.4) is 0 Å². The van der Waals surface area contributed by atoms with Gasteiger partial charge in [-0.2, -0.15) is 0 Å². The van der Waals surface area contributed by atoms with Crippen LogP contribution >= 0.6 is 15.9 Å². The summed E-state index contributed by atoms with van der Waals surface area (Å²) in [6.45, 7) is 3.94. The topological polar surface area (TPSA) is 20.3 Å². The molecule has 0 aromatic heterocycles. The molecular formula is C15H18BrNO. The van der Waals surface area contributed by atoms with E-state index in [4.69, 9.17) is 0 Å². The van der Waals surface area contributed by atoms with E-state index in [0.717, 1.165) is 40.5 Å². The summed E-state index contributed by atoms with van der Waals surface area (Å²) in [5, 5.41) is 0. The van der Waals surface area contributed by atoms with E-state index in [9.17, 15) is 4.79 Å². The Hall–Kier alpha value is -0.830. The monoisotopic (exact) mass is 307 g/mol. The summed E-state index contributed by atoms with van der Waals surface area (Å²) in [4.78, 5) is 14.6. The molecule has 2 nitrogen and oxygen atoms in total. The van der Waals surface area contributed by atoms with Crippen LogP contribution in [0.2, 0.25) is 0 Å². The highest BCUT2D eigenvalue weighted by atomic mass is 79.9. The van der Waals surface area contributed by atoms with Crippen LogP contribution in [0.5, 0.6) is 0 Å². The SMILES string of the molecule is Cc1c(Br)cccc1C(=O)N1CC2CCCC2C1. The van der Waals surface area contributed by atoms with Gasteiger partial charge < -0.3 is 4.90 Å². The number of hydrogen-bond donors (Lipinski definition) is 0. The van der Waals surface area contributed by atoms with Crippen molar-refractivity contribution in [3.63, 3.8) is 0 Å². The molecule has 2 atom stereocenters. The fourth-order valence-corrected chi connectivity index (χ4v) is 3.78. The number of fused-ring (bicyclic) bond motifs is 1. The van der Waals surface area contributed by atoms with Gasteiger partial charge in [-0.15, -0.1) is 0 Å². The van der Waals surface area contributed by atoms with E-state index in [-0.39, 0.29) is 5.91 Å². The molecule has 96 valence electrons. The third kappa shape index (κ3) is 1.99. The molecule has 1 saturated heterocycles. The molecule has 0 bridgehead atoms. The molecular weight excluding hydrogens is 290 g/mol. The fraction of sp³-hybridized carbons (Fsp3) is 0.533. The predicted molar refractivity (Wildman–Crippen MR) is 75.6 cm³/mol. The number of carbonyl (C=O) groups excluding carboxylic acids is 1. The minimum absolute atomic E-state index is 0.211. The summed E-state index contributed by atoms with van der Waals surface area (Å²) in [7, 11) is 0. The molecule has 3 heteroatoms. The third-order valence-corrected chi connectivity index (χ3v) is 5.37. The van der Waals surface area contributed by atoms with Crippen molar-refractivity contribution in [2.75, 3.05) is 13.1 Å². The molecule has 1 saturated carbocycles. The molecule has 2 aliphatic rings. The van der Waals surface area contributed by atoms with Crippen molar-refractivity contribution in [2.45, 2.75) is 26.2 Å².